The summed E-state index contributed by atoms with van der Waals surface area (Å²) >= 11 is 0. The van der Waals surface area contributed by atoms with Gasteiger partial charge in [-0.15, -0.1) is 0 Å². The highest BCUT2D eigenvalue weighted by Crippen LogP contribution is 2.32. The van der Waals surface area contributed by atoms with Crippen molar-refractivity contribution in [3.05, 3.63) is 78.4 Å². The monoisotopic (exact) mass is 404 g/mol. The van der Waals surface area contributed by atoms with Crippen LogP contribution in [0.15, 0.2) is 66.7 Å². The minimum Gasteiger partial charge on any atom is -0.369 e. The lowest BCUT2D eigenvalue weighted by Gasteiger charge is -2.34. The maximum absolute atomic E-state index is 14.5. The summed E-state index contributed by atoms with van der Waals surface area (Å²) in [5.41, 5.74) is 3.72. The maximum Gasteiger partial charge on any atom is 0.184 e. The van der Waals surface area contributed by atoms with Crippen LogP contribution in [0.5, 0.6) is 0 Å². The average molecular weight is 404 g/mol. The van der Waals surface area contributed by atoms with Crippen molar-refractivity contribution < 1.29 is 8.78 Å². The fourth-order valence-electron chi connectivity index (χ4n) is 4.01. The third-order valence-electron chi connectivity index (χ3n) is 5.76. The Morgan fingerprint density at radius 3 is 2.30 bits per heavy atom. The first-order valence-electron chi connectivity index (χ1n) is 10.1. The number of anilines is 1. The number of benzene rings is 3. The molecule has 4 nitrogen and oxygen atoms in total. The van der Waals surface area contributed by atoms with Crippen molar-refractivity contribution in [2.45, 2.75) is 0 Å². The summed E-state index contributed by atoms with van der Waals surface area (Å²) in [5.74, 6) is -1.78. The van der Waals surface area contributed by atoms with E-state index in [0.717, 1.165) is 54.4 Å². The van der Waals surface area contributed by atoms with Crippen molar-refractivity contribution in [2.24, 2.45) is 0 Å². The lowest BCUT2D eigenvalue weighted by molar-refractivity contribution is 0.313. The summed E-state index contributed by atoms with van der Waals surface area (Å²) in [7, 11) is 2.14. The van der Waals surface area contributed by atoms with Gasteiger partial charge in [-0.2, -0.15) is 5.10 Å². The molecule has 1 aliphatic rings. The fraction of sp³-hybridized carbons (Fsp3) is 0.208. The Morgan fingerprint density at radius 2 is 1.53 bits per heavy atom. The Balaban J connectivity index is 1.56. The molecule has 0 aliphatic carbocycles. The van der Waals surface area contributed by atoms with Gasteiger partial charge >= 0.3 is 0 Å². The summed E-state index contributed by atoms with van der Waals surface area (Å²) < 4.78 is 29.8. The van der Waals surface area contributed by atoms with Gasteiger partial charge in [0.25, 0.3) is 0 Å². The lowest BCUT2D eigenvalue weighted by Crippen LogP contribution is -2.44. The fourth-order valence-corrected chi connectivity index (χ4v) is 4.01. The molecule has 0 radical (unpaired) electrons. The Hall–Kier alpha value is -3.25. The van der Waals surface area contributed by atoms with Crippen LogP contribution in [0.4, 0.5) is 14.5 Å². The minimum atomic E-state index is -0.900. The van der Waals surface area contributed by atoms with Crippen molar-refractivity contribution in [3.8, 4) is 16.9 Å². The topological polar surface area (TPSA) is 24.3 Å². The zero-order valence-corrected chi connectivity index (χ0v) is 16.7. The molecule has 0 unspecified atom stereocenters. The van der Waals surface area contributed by atoms with E-state index in [1.165, 1.54) is 22.5 Å². The maximum atomic E-state index is 14.5. The number of para-hydroxylation sites is 1. The molecule has 152 valence electrons. The molecule has 5 rings (SSSR count). The van der Waals surface area contributed by atoms with Gasteiger partial charge in [-0.1, -0.05) is 36.4 Å². The molecule has 0 spiro atoms. The number of fused-ring (bicyclic) bond motifs is 1. The molecule has 0 saturated carbocycles. The van der Waals surface area contributed by atoms with Crippen molar-refractivity contribution in [3.63, 3.8) is 0 Å². The van der Waals surface area contributed by atoms with E-state index in [4.69, 9.17) is 0 Å². The average Bonchev–Trinajstić information content (AvgIpc) is 3.16. The first kappa shape index (κ1) is 18.8. The molecule has 0 atom stereocenters. The van der Waals surface area contributed by atoms with Crippen LogP contribution >= 0.6 is 0 Å². The zero-order valence-electron chi connectivity index (χ0n) is 16.7. The molecule has 6 heteroatoms. The summed E-state index contributed by atoms with van der Waals surface area (Å²) in [6.45, 7) is 4.12. The normalized spacial score (nSPS) is 15.1. The number of piperazine rings is 1. The van der Waals surface area contributed by atoms with Crippen LogP contribution in [0.3, 0.4) is 0 Å². The molecular formula is C24H22F2N4. The smallest absolute Gasteiger partial charge is 0.184 e. The Bertz CT molecular complexity index is 1190. The van der Waals surface area contributed by atoms with Crippen LogP contribution in [0.25, 0.3) is 27.8 Å². The third kappa shape index (κ3) is 3.23. The van der Waals surface area contributed by atoms with Crippen LogP contribution in [0.2, 0.25) is 0 Å². The molecule has 2 heterocycles. The predicted molar refractivity (Wildman–Crippen MR) is 116 cm³/mol. The number of rotatable bonds is 3. The quantitative estimate of drug-likeness (QED) is 0.494. The highest BCUT2D eigenvalue weighted by atomic mass is 19.2. The Morgan fingerprint density at radius 1 is 0.800 bits per heavy atom. The van der Waals surface area contributed by atoms with Gasteiger partial charge in [-0.25, -0.2) is 13.5 Å². The van der Waals surface area contributed by atoms with Crippen LogP contribution in [-0.2, 0) is 0 Å². The summed E-state index contributed by atoms with van der Waals surface area (Å²) in [6, 6.07) is 20.1. The predicted octanol–water partition coefficient (Wildman–Crippen LogP) is 4.72. The van der Waals surface area contributed by atoms with Gasteiger partial charge in [0, 0.05) is 42.8 Å². The number of hydrogen-bond donors (Lipinski definition) is 0. The molecule has 1 aliphatic heterocycles. The lowest BCUT2D eigenvalue weighted by atomic mass is 10.1. The highest BCUT2D eigenvalue weighted by Gasteiger charge is 2.18. The van der Waals surface area contributed by atoms with Gasteiger partial charge in [0.1, 0.15) is 11.4 Å². The van der Waals surface area contributed by atoms with E-state index in [1.54, 1.807) is 0 Å². The third-order valence-corrected chi connectivity index (χ3v) is 5.76. The number of nitrogens with zero attached hydrogens (tertiary/aromatic N) is 4. The van der Waals surface area contributed by atoms with E-state index in [0.29, 0.717) is 0 Å². The van der Waals surface area contributed by atoms with E-state index in [-0.39, 0.29) is 5.69 Å². The molecule has 1 aromatic heterocycles. The van der Waals surface area contributed by atoms with Crippen molar-refractivity contribution in [2.75, 3.05) is 38.1 Å². The van der Waals surface area contributed by atoms with Gasteiger partial charge in [-0.3, -0.25) is 0 Å². The van der Waals surface area contributed by atoms with E-state index in [9.17, 15) is 8.78 Å². The first-order valence-corrected chi connectivity index (χ1v) is 10.1. The number of halogens is 2. The van der Waals surface area contributed by atoms with E-state index >= 15 is 0 Å². The highest BCUT2D eigenvalue weighted by molar-refractivity contribution is 5.94. The van der Waals surface area contributed by atoms with Gasteiger partial charge in [0.15, 0.2) is 11.6 Å². The zero-order chi connectivity index (χ0) is 20.7. The molecule has 0 bridgehead atoms. The molecular weight excluding hydrogens is 382 g/mol. The van der Waals surface area contributed by atoms with Crippen LogP contribution in [-0.4, -0.2) is 47.9 Å². The van der Waals surface area contributed by atoms with Crippen LogP contribution in [0.1, 0.15) is 0 Å². The molecule has 30 heavy (non-hydrogen) atoms. The Labute approximate surface area is 174 Å². The van der Waals surface area contributed by atoms with E-state index in [1.807, 2.05) is 24.3 Å². The summed E-state index contributed by atoms with van der Waals surface area (Å²) in [4.78, 5) is 4.71. The van der Waals surface area contributed by atoms with Gasteiger partial charge < -0.3 is 9.80 Å². The second-order valence-corrected chi connectivity index (χ2v) is 7.69. The SMILES string of the molecule is CN1CCN(c2ccc(-c3nn(-c4cccc(F)c4F)c4ccccc34)cc2)CC1. The number of likely N-dealkylation sites (N-methyl/N-ethyl adjacent to an activating group) is 1. The van der Waals surface area contributed by atoms with Crippen LogP contribution < -0.4 is 4.90 Å². The Kier molecular flexibility index (Phi) is 4.71. The molecule has 1 fully saturated rings. The van der Waals surface area contributed by atoms with Gasteiger partial charge in [-0.05, 0) is 37.4 Å². The molecule has 0 amide bonds. The molecule has 0 N–H and O–H groups in total. The van der Waals surface area contributed by atoms with Crippen molar-refractivity contribution >= 4 is 16.6 Å². The van der Waals surface area contributed by atoms with Crippen molar-refractivity contribution in [1.29, 1.82) is 0 Å². The van der Waals surface area contributed by atoms with Crippen molar-refractivity contribution in [1.82, 2.24) is 14.7 Å². The second kappa shape index (κ2) is 7.54. The first-order chi connectivity index (χ1) is 14.6. The van der Waals surface area contributed by atoms with Gasteiger partial charge in [0.05, 0.1) is 5.52 Å². The van der Waals surface area contributed by atoms with E-state index < -0.39 is 11.6 Å². The standard InChI is InChI=1S/C24H22F2N4/c1-28-13-15-29(16-14-28)18-11-9-17(10-12-18)24-19-5-2-3-7-21(19)30(27-24)22-8-4-6-20(25)23(22)26/h2-12H,13-16H2,1H3. The van der Waals surface area contributed by atoms with Crippen LogP contribution in [0, 0.1) is 11.6 Å². The number of hydrogen-bond acceptors (Lipinski definition) is 3. The molecule has 1 saturated heterocycles. The summed E-state index contributed by atoms with van der Waals surface area (Å²) in [6.07, 6.45) is 0. The largest absolute Gasteiger partial charge is 0.369 e. The number of aromatic nitrogens is 2. The molecule has 3 aromatic carbocycles. The van der Waals surface area contributed by atoms with E-state index in [2.05, 4.69) is 46.2 Å². The molecule has 4 aromatic rings. The summed E-state index contributed by atoms with van der Waals surface area (Å²) in [5, 5.41) is 5.57. The second-order valence-electron chi connectivity index (χ2n) is 7.69. The minimum absolute atomic E-state index is 0.103. The van der Waals surface area contributed by atoms with Gasteiger partial charge in [0.2, 0.25) is 0 Å².